The number of aromatic nitrogens is 4. The summed E-state index contributed by atoms with van der Waals surface area (Å²) in [6.45, 7) is 3.24. The van der Waals surface area contributed by atoms with Gasteiger partial charge >= 0.3 is 0 Å². The predicted molar refractivity (Wildman–Crippen MR) is 129 cm³/mol. The summed E-state index contributed by atoms with van der Waals surface area (Å²) in [6.07, 6.45) is 7.77. The smallest absolute Gasteiger partial charge is 0.168 e. The Balaban J connectivity index is 0.000000165. The van der Waals surface area contributed by atoms with Crippen LogP contribution in [0.25, 0.3) is 5.65 Å². The molecule has 2 N–H and O–H groups in total. The lowest BCUT2D eigenvalue weighted by Gasteiger charge is -2.06. The van der Waals surface area contributed by atoms with E-state index in [1.54, 1.807) is 23.9 Å². The van der Waals surface area contributed by atoms with Crippen LogP contribution in [0.3, 0.4) is 0 Å². The van der Waals surface area contributed by atoms with Crippen molar-refractivity contribution in [1.29, 1.82) is 0 Å². The van der Waals surface area contributed by atoms with Crippen molar-refractivity contribution in [3.63, 3.8) is 0 Å². The molecule has 0 saturated heterocycles. The largest absolute Gasteiger partial charge is 0.388 e. The molecule has 5 rings (SSSR count). The second kappa shape index (κ2) is 10.0. The molecule has 1 aromatic carbocycles. The lowest BCUT2D eigenvalue weighted by atomic mass is 10.1. The minimum atomic E-state index is 0.555. The van der Waals surface area contributed by atoms with Gasteiger partial charge in [0, 0.05) is 43.4 Å². The number of fused-ring (bicyclic) bond motifs is 1. The van der Waals surface area contributed by atoms with Crippen LogP contribution in [0.15, 0.2) is 65.1 Å². The summed E-state index contributed by atoms with van der Waals surface area (Å²) in [4.78, 5) is 23.8. The van der Waals surface area contributed by atoms with Crippen LogP contribution in [0.1, 0.15) is 32.7 Å². The van der Waals surface area contributed by atoms with Crippen molar-refractivity contribution < 1.29 is 9.53 Å². The Bertz CT molecular complexity index is 1320. The maximum atomic E-state index is 10.6. The molecular formula is C24H25N7O2. The zero-order valence-electron chi connectivity index (χ0n) is 18.7. The van der Waals surface area contributed by atoms with Gasteiger partial charge in [0.2, 0.25) is 0 Å². The number of carbonyl (C=O) groups is 1. The molecule has 4 aromatic rings. The molecular weight excluding hydrogens is 418 g/mol. The highest BCUT2D eigenvalue weighted by Crippen LogP contribution is 2.19. The Kier molecular flexibility index (Phi) is 6.70. The Morgan fingerprint density at radius 2 is 2.09 bits per heavy atom. The van der Waals surface area contributed by atoms with Crippen LogP contribution in [0.4, 0.5) is 5.69 Å². The third kappa shape index (κ3) is 4.88. The molecule has 0 amide bonds. The highest BCUT2D eigenvalue weighted by Gasteiger charge is 2.15. The van der Waals surface area contributed by atoms with E-state index in [2.05, 4.69) is 55.6 Å². The summed E-state index contributed by atoms with van der Waals surface area (Å²) in [7, 11) is 3.56. The van der Waals surface area contributed by atoms with E-state index in [0.29, 0.717) is 18.8 Å². The summed E-state index contributed by atoms with van der Waals surface area (Å²) in [6, 6.07) is 10.0. The quantitative estimate of drug-likeness (QED) is 0.445. The predicted octanol–water partition coefficient (Wildman–Crippen LogP) is 3.30. The number of pyridine rings is 1. The minimum absolute atomic E-state index is 0.555. The SMILES string of the molecule is CNc1cc(C2=NCC(c3cn[nH]c3)=N2)ccc1C.COCc1ccn2c(C=O)cnc2c1. The van der Waals surface area contributed by atoms with Crippen LogP contribution in [0.2, 0.25) is 0 Å². The molecule has 0 atom stereocenters. The van der Waals surface area contributed by atoms with E-state index in [-0.39, 0.29) is 0 Å². The van der Waals surface area contributed by atoms with Gasteiger partial charge in [-0.1, -0.05) is 12.1 Å². The van der Waals surface area contributed by atoms with E-state index in [1.165, 1.54) is 5.56 Å². The summed E-state index contributed by atoms with van der Waals surface area (Å²) >= 11 is 0. The first-order chi connectivity index (χ1) is 16.1. The molecule has 9 heteroatoms. The van der Waals surface area contributed by atoms with E-state index in [4.69, 9.17) is 4.74 Å². The molecule has 0 bridgehead atoms. The molecule has 9 nitrogen and oxygen atoms in total. The number of nitrogens with zero attached hydrogens (tertiary/aromatic N) is 5. The van der Waals surface area contributed by atoms with Crippen LogP contribution < -0.4 is 5.32 Å². The van der Waals surface area contributed by atoms with Crippen LogP contribution in [0.5, 0.6) is 0 Å². The molecule has 33 heavy (non-hydrogen) atoms. The second-order valence-electron chi connectivity index (χ2n) is 7.46. The highest BCUT2D eigenvalue weighted by atomic mass is 16.5. The summed E-state index contributed by atoms with van der Waals surface area (Å²) in [5, 5.41) is 9.91. The number of hydrogen-bond acceptors (Lipinski definition) is 7. The van der Waals surface area contributed by atoms with Crippen molar-refractivity contribution >= 4 is 29.2 Å². The number of amidine groups is 1. The molecule has 1 aliphatic heterocycles. The van der Waals surface area contributed by atoms with Gasteiger partial charge in [-0.3, -0.25) is 19.3 Å². The zero-order valence-corrected chi connectivity index (χ0v) is 18.7. The van der Waals surface area contributed by atoms with E-state index in [1.807, 2.05) is 31.6 Å². The fraction of sp³-hybridized carbons (Fsp3) is 0.208. The van der Waals surface area contributed by atoms with Gasteiger partial charge in [0.1, 0.15) is 11.3 Å². The number of benzene rings is 1. The lowest BCUT2D eigenvalue weighted by molar-refractivity contribution is 0.111. The van der Waals surface area contributed by atoms with Crippen LogP contribution in [-0.2, 0) is 11.3 Å². The van der Waals surface area contributed by atoms with E-state index >= 15 is 0 Å². The molecule has 0 spiro atoms. The first-order valence-corrected chi connectivity index (χ1v) is 10.4. The third-order valence-corrected chi connectivity index (χ3v) is 5.25. The van der Waals surface area contributed by atoms with Crippen molar-refractivity contribution in [2.75, 3.05) is 26.0 Å². The van der Waals surface area contributed by atoms with Crippen LogP contribution in [0, 0.1) is 6.92 Å². The zero-order chi connectivity index (χ0) is 23.2. The number of aliphatic imine (C=N–C) groups is 2. The first-order valence-electron chi connectivity index (χ1n) is 10.4. The number of anilines is 1. The maximum Gasteiger partial charge on any atom is 0.168 e. The number of carbonyl (C=O) groups excluding carboxylic acids is 1. The number of H-pyrrole nitrogens is 1. The Morgan fingerprint density at radius 3 is 2.82 bits per heavy atom. The van der Waals surface area contributed by atoms with Crippen molar-refractivity contribution in [2.45, 2.75) is 13.5 Å². The van der Waals surface area contributed by atoms with Crippen molar-refractivity contribution in [3.05, 3.63) is 83.1 Å². The van der Waals surface area contributed by atoms with Gasteiger partial charge in [0.15, 0.2) is 12.1 Å². The van der Waals surface area contributed by atoms with Gasteiger partial charge in [-0.15, -0.1) is 0 Å². The summed E-state index contributed by atoms with van der Waals surface area (Å²) in [5.74, 6) is 0.785. The average molecular weight is 444 g/mol. The number of aldehydes is 1. The fourth-order valence-electron chi connectivity index (χ4n) is 3.49. The number of imidazole rings is 1. The number of ether oxygens (including phenoxy) is 1. The normalized spacial score (nSPS) is 12.7. The van der Waals surface area contributed by atoms with Crippen molar-refractivity contribution in [2.24, 2.45) is 9.98 Å². The van der Waals surface area contributed by atoms with E-state index in [9.17, 15) is 4.79 Å². The first kappa shape index (κ1) is 22.1. The summed E-state index contributed by atoms with van der Waals surface area (Å²) < 4.78 is 6.75. The number of aromatic amines is 1. The van der Waals surface area contributed by atoms with Gasteiger partial charge in [0.25, 0.3) is 0 Å². The molecule has 0 saturated carbocycles. The van der Waals surface area contributed by atoms with Crippen LogP contribution in [-0.4, -0.2) is 58.1 Å². The van der Waals surface area contributed by atoms with Gasteiger partial charge in [-0.25, -0.2) is 9.98 Å². The Hall–Kier alpha value is -4.11. The van der Waals surface area contributed by atoms with Crippen molar-refractivity contribution in [1.82, 2.24) is 19.6 Å². The second-order valence-corrected chi connectivity index (χ2v) is 7.46. The third-order valence-electron chi connectivity index (χ3n) is 5.25. The average Bonchev–Trinajstić information content (AvgIpc) is 3.60. The molecule has 168 valence electrons. The van der Waals surface area contributed by atoms with E-state index < -0.39 is 0 Å². The van der Waals surface area contributed by atoms with Gasteiger partial charge < -0.3 is 10.1 Å². The fourth-order valence-corrected chi connectivity index (χ4v) is 3.49. The number of methoxy groups -OCH3 is 1. The lowest BCUT2D eigenvalue weighted by Crippen LogP contribution is -2.00. The molecule has 4 heterocycles. The summed E-state index contributed by atoms with van der Waals surface area (Å²) in [5.41, 5.74) is 7.67. The molecule has 0 radical (unpaired) electrons. The number of rotatable bonds is 6. The topological polar surface area (TPSA) is 109 Å². The number of aryl methyl sites for hydroxylation is 1. The van der Waals surface area contributed by atoms with Crippen molar-refractivity contribution in [3.8, 4) is 0 Å². The maximum absolute atomic E-state index is 10.6. The minimum Gasteiger partial charge on any atom is -0.388 e. The Morgan fingerprint density at radius 1 is 1.21 bits per heavy atom. The van der Waals surface area contributed by atoms with Gasteiger partial charge in [-0.2, -0.15) is 5.10 Å². The molecule has 0 aliphatic carbocycles. The molecule has 1 aliphatic rings. The van der Waals surface area contributed by atoms with Gasteiger partial charge in [0.05, 0.1) is 31.3 Å². The monoisotopic (exact) mass is 443 g/mol. The van der Waals surface area contributed by atoms with Gasteiger partial charge in [-0.05, 0) is 36.2 Å². The molecule has 0 fully saturated rings. The molecule has 0 unspecified atom stereocenters. The van der Waals surface area contributed by atoms with E-state index in [0.717, 1.165) is 45.9 Å². The Labute approximate surface area is 191 Å². The standard InChI is InChI=1S/C14H15N5.C10H10N2O2/c1-9-3-4-10(5-12(9)15-2)14-16-8-13(19-14)11-6-17-18-7-11;1-14-7-8-2-3-12-9(6-13)5-11-10(12)4-8/h3-7,15H,8H2,1-2H3,(H,17,18);2-6H,7H2,1H3. The number of nitrogens with one attached hydrogen (secondary N) is 2. The van der Waals surface area contributed by atoms with Crippen LogP contribution >= 0.6 is 0 Å². The highest BCUT2D eigenvalue weighted by molar-refractivity contribution is 6.17. The number of hydrogen-bond donors (Lipinski definition) is 2. The molecule has 3 aromatic heterocycles.